The van der Waals surface area contributed by atoms with Crippen molar-refractivity contribution >= 4 is 11.6 Å². The van der Waals surface area contributed by atoms with Crippen LogP contribution in [0.1, 0.15) is 0 Å². The normalized spacial score (nSPS) is 10.4. The van der Waals surface area contributed by atoms with Gasteiger partial charge in [-0.05, 0) is 24.3 Å². The van der Waals surface area contributed by atoms with Gasteiger partial charge in [0.05, 0.1) is 12.8 Å². The van der Waals surface area contributed by atoms with Gasteiger partial charge in [-0.3, -0.25) is 0 Å². The number of nitrogens with one attached hydrogen (secondary N) is 1. The van der Waals surface area contributed by atoms with Crippen molar-refractivity contribution in [2.45, 2.75) is 0 Å². The van der Waals surface area contributed by atoms with Crippen molar-refractivity contribution in [2.75, 3.05) is 12.4 Å². The van der Waals surface area contributed by atoms with Crippen LogP contribution in [0.15, 0.2) is 48.8 Å². The lowest BCUT2D eigenvalue weighted by Gasteiger charge is -2.07. The Balaban J connectivity index is 1.88. The highest BCUT2D eigenvalue weighted by atomic mass is 19.2. The summed E-state index contributed by atoms with van der Waals surface area (Å²) in [7, 11) is 1.53. The molecule has 0 aliphatic rings. The highest BCUT2D eigenvalue weighted by Gasteiger charge is 2.06. The van der Waals surface area contributed by atoms with Gasteiger partial charge in [-0.25, -0.2) is 23.7 Å². The molecule has 116 valence electrons. The molecule has 1 aromatic carbocycles. The number of pyridine rings is 1. The molecule has 1 N–H and O–H groups in total. The molecule has 2 heterocycles. The fraction of sp³-hybridized carbons (Fsp3) is 0.0625. The number of hydrogen-bond acceptors (Lipinski definition) is 5. The van der Waals surface area contributed by atoms with Gasteiger partial charge in [-0.2, -0.15) is 0 Å². The standard InChI is InChI=1S/C16H12F2N4O/c1-23-15-8-10(4-6-19-15)14-5-7-20-16(22-14)21-11-2-3-12(17)13(18)9-11/h2-9H,1H3,(H,20,21,22). The molecule has 3 rings (SSSR count). The Bertz CT molecular complexity index is 842. The van der Waals surface area contributed by atoms with Crippen LogP contribution in [0.4, 0.5) is 20.4 Å². The molecule has 0 bridgehead atoms. The topological polar surface area (TPSA) is 59.9 Å². The predicted molar refractivity (Wildman–Crippen MR) is 81.5 cm³/mol. The van der Waals surface area contributed by atoms with Crippen LogP contribution in [0.5, 0.6) is 5.88 Å². The largest absolute Gasteiger partial charge is 0.481 e. The first-order chi connectivity index (χ1) is 11.2. The van der Waals surface area contributed by atoms with Crippen LogP contribution in [0, 0.1) is 11.6 Å². The summed E-state index contributed by atoms with van der Waals surface area (Å²) in [4.78, 5) is 12.4. The third kappa shape index (κ3) is 3.39. The van der Waals surface area contributed by atoms with E-state index in [9.17, 15) is 8.78 Å². The lowest BCUT2D eigenvalue weighted by Crippen LogP contribution is -1.99. The average Bonchev–Trinajstić information content (AvgIpc) is 2.58. The van der Waals surface area contributed by atoms with Crippen molar-refractivity contribution in [1.82, 2.24) is 15.0 Å². The average molecular weight is 314 g/mol. The Hall–Kier alpha value is -3.09. The number of anilines is 2. The highest BCUT2D eigenvalue weighted by molar-refractivity contribution is 5.62. The van der Waals surface area contributed by atoms with E-state index < -0.39 is 11.6 Å². The summed E-state index contributed by atoms with van der Waals surface area (Å²) in [6.45, 7) is 0. The Labute approximate surface area is 131 Å². The minimum atomic E-state index is -0.940. The SMILES string of the molecule is COc1cc(-c2ccnc(Nc3ccc(F)c(F)c3)n2)ccn1. The molecule has 0 aliphatic heterocycles. The lowest BCUT2D eigenvalue weighted by molar-refractivity contribution is 0.398. The summed E-state index contributed by atoms with van der Waals surface area (Å²) in [6, 6.07) is 8.74. The summed E-state index contributed by atoms with van der Waals surface area (Å²) in [6.07, 6.45) is 3.18. The van der Waals surface area contributed by atoms with E-state index in [2.05, 4.69) is 20.3 Å². The van der Waals surface area contributed by atoms with Crippen LogP contribution >= 0.6 is 0 Å². The molecule has 23 heavy (non-hydrogen) atoms. The van der Waals surface area contributed by atoms with Gasteiger partial charge in [0.25, 0.3) is 0 Å². The molecule has 3 aromatic rings. The molecule has 0 aliphatic carbocycles. The smallest absolute Gasteiger partial charge is 0.227 e. The van der Waals surface area contributed by atoms with E-state index in [1.54, 1.807) is 30.6 Å². The summed E-state index contributed by atoms with van der Waals surface area (Å²) < 4.78 is 31.3. The molecule has 0 spiro atoms. The molecule has 0 unspecified atom stereocenters. The maximum Gasteiger partial charge on any atom is 0.227 e. The zero-order valence-electron chi connectivity index (χ0n) is 12.1. The first-order valence-corrected chi connectivity index (χ1v) is 6.71. The third-order valence-corrected chi connectivity index (χ3v) is 3.07. The molecule has 0 saturated carbocycles. The van der Waals surface area contributed by atoms with Gasteiger partial charge in [-0.15, -0.1) is 0 Å². The van der Waals surface area contributed by atoms with Crippen LogP contribution in [0.2, 0.25) is 0 Å². The van der Waals surface area contributed by atoms with Gasteiger partial charge in [-0.1, -0.05) is 0 Å². The van der Waals surface area contributed by atoms with Gasteiger partial charge in [0, 0.05) is 35.8 Å². The van der Waals surface area contributed by atoms with E-state index in [4.69, 9.17) is 4.74 Å². The molecule has 7 heteroatoms. The highest BCUT2D eigenvalue weighted by Crippen LogP contribution is 2.22. The van der Waals surface area contributed by atoms with Gasteiger partial charge in [0.15, 0.2) is 11.6 Å². The number of aromatic nitrogens is 3. The number of methoxy groups -OCH3 is 1. The van der Waals surface area contributed by atoms with Crippen molar-refractivity contribution in [3.8, 4) is 17.1 Å². The van der Waals surface area contributed by atoms with E-state index >= 15 is 0 Å². The second kappa shape index (κ2) is 6.35. The zero-order chi connectivity index (χ0) is 16.2. The van der Waals surface area contributed by atoms with Gasteiger partial charge < -0.3 is 10.1 Å². The monoisotopic (exact) mass is 314 g/mol. The quantitative estimate of drug-likeness (QED) is 0.798. The van der Waals surface area contributed by atoms with Crippen LogP contribution < -0.4 is 10.1 Å². The number of rotatable bonds is 4. The van der Waals surface area contributed by atoms with Crippen molar-refractivity contribution in [1.29, 1.82) is 0 Å². The fourth-order valence-electron chi connectivity index (χ4n) is 1.96. The van der Waals surface area contributed by atoms with Crippen LogP contribution in [-0.2, 0) is 0 Å². The van der Waals surface area contributed by atoms with Crippen molar-refractivity contribution in [2.24, 2.45) is 0 Å². The van der Waals surface area contributed by atoms with Crippen LogP contribution in [-0.4, -0.2) is 22.1 Å². The minimum Gasteiger partial charge on any atom is -0.481 e. The summed E-state index contributed by atoms with van der Waals surface area (Å²) in [5.41, 5.74) is 1.80. The maximum absolute atomic E-state index is 13.2. The summed E-state index contributed by atoms with van der Waals surface area (Å²) >= 11 is 0. The molecule has 5 nitrogen and oxygen atoms in total. The van der Waals surface area contributed by atoms with Gasteiger partial charge in [0.2, 0.25) is 11.8 Å². The Morgan fingerprint density at radius 3 is 2.57 bits per heavy atom. The Morgan fingerprint density at radius 2 is 1.78 bits per heavy atom. The van der Waals surface area contributed by atoms with Crippen molar-refractivity contribution in [3.05, 3.63) is 60.4 Å². The molecular formula is C16H12F2N4O. The van der Waals surface area contributed by atoms with Crippen LogP contribution in [0.25, 0.3) is 11.3 Å². The maximum atomic E-state index is 13.2. The van der Waals surface area contributed by atoms with E-state index in [1.807, 2.05) is 0 Å². The first kappa shape index (κ1) is 14.8. The Morgan fingerprint density at radius 1 is 0.957 bits per heavy atom. The second-order valence-electron chi connectivity index (χ2n) is 4.61. The van der Waals surface area contributed by atoms with Gasteiger partial charge in [0.1, 0.15) is 0 Å². The lowest BCUT2D eigenvalue weighted by atomic mass is 10.2. The number of ether oxygens (including phenoxy) is 1. The first-order valence-electron chi connectivity index (χ1n) is 6.71. The second-order valence-corrected chi connectivity index (χ2v) is 4.61. The number of nitrogens with zero attached hydrogens (tertiary/aromatic N) is 3. The minimum absolute atomic E-state index is 0.268. The molecule has 0 atom stereocenters. The predicted octanol–water partition coefficient (Wildman–Crippen LogP) is 3.57. The van der Waals surface area contributed by atoms with Crippen LogP contribution in [0.3, 0.4) is 0 Å². The van der Waals surface area contributed by atoms with Crippen molar-refractivity contribution < 1.29 is 13.5 Å². The molecule has 0 fully saturated rings. The summed E-state index contributed by atoms with van der Waals surface area (Å²) in [5.74, 6) is -1.11. The van der Waals surface area contributed by atoms with E-state index in [-0.39, 0.29) is 5.95 Å². The number of halogens is 2. The van der Waals surface area contributed by atoms with E-state index in [0.717, 1.165) is 17.7 Å². The summed E-state index contributed by atoms with van der Waals surface area (Å²) in [5, 5.41) is 2.83. The molecule has 2 aromatic heterocycles. The third-order valence-electron chi connectivity index (χ3n) is 3.07. The number of hydrogen-bond donors (Lipinski definition) is 1. The zero-order valence-corrected chi connectivity index (χ0v) is 12.1. The molecule has 0 radical (unpaired) electrons. The molecular weight excluding hydrogens is 302 g/mol. The molecule has 0 saturated heterocycles. The van der Waals surface area contributed by atoms with Gasteiger partial charge >= 0.3 is 0 Å². The van der Waals surface area contributed by atoms with E-state index in [0.29, 0.717) is 17.3 Å². The Kier molecular flexibility index (Phi) is 4.09. The number of benzene rings is 1. The van der Waals surface area contributed by atoms with Crippen molar-refractivity contribution in [3.63, 3.8) is 0 Å². The molecule has 0 amide bonds. The van der Waals surface area contributed by atoms with E-state index in [1.165, 1.54) is 13.2 Å². The fourth-order valence-corrected chi connectivity index (χ4v) is 1.96.